The van der Waals surface area contributed by atoms with Gasteiger partial charge in [0.1, 0.15) is 17.9 Å². The molecule has 1 aromatic carbocycles. The fraction of sp³-hybridized carbons (Fsp3) is 0.429. The van der Waals surface area contributed by atoms with Gasteiger partial charge in [-0.15, -0.1) is 11.3 Å². The van der Waals surface area contributed by atoms with Crippen LogP contribution in [-0.4, -0.2) is 53.8 Å². The number of aryl methyl sites for hydroxylation is 1. The van der Waals surface area contributed by atoms with E-state index in [1.165, 1.54) is 14.2 Å². The first-order valence-electron chi connectivity index (χ1n) is 10.1. The number of hydrogen-bond acceptors (Lipinski definition) is 9. The van der Waals surface area contributed by atoms with Gasteiger partial charge in [-0.25, -0.2) is 9.97 Å². The molecule has 12 heteroatoms. The molecule has 0 saturated carbocycles. The first-order valence-corrected chi connectivity index (χ1v) is 11.0. The summed E-state index contributed by atoms with van der Waals surface area (Å²) in [5.74, 6) is 0.410. The SMILES string of the molecule is COC(=O)C1CC(Oc2nc(-c3nc(C(F)(F)F)cs3)nc3c(C)c(OC)ccc23)CCN1. The highest BCUT2D eigenvalue weighted by Crippen LogP contribution is 2.36. The number of ether oxygens (including phenoxy) is 3. The van der Waals surface area contributed by atoms with Gasteiger partial charge in [0.05, 0.1) is 25.1 Å². The minimum atomic E-state index is -4.57. The van der Waals surface area contributed by atoms with Crippen molar-refractivity contribution in [3.05, 3.63) is 28.8 Å². The van der Waals surface area contributed by atoms with Crippen LogP contribution < -0.4 is 14.8 Å². The van der Waals surface area contributed by atoms with Crippen LogP contribution in [0.25, 0.3) is 21.7 Å². The molecule has 2 unspecified atom stereocenters. The van der Waals surface area contributed by atoms with Crippen LogP contribution in [0.2, 0.25) is 0 Å². The van der Waals surface area contributed by atoms with Crippen LogP contribution in [0.4, 0.5) is 13.2 Å². The molecule has 3 aromatic rings. The molecule has 0 amide bonds. The summed E-state index contributed by atoms with van der Waals surface area (Å²) in [6.45, 7) is 2.33. The molecule has 2 atom stereocenters. The second-order valence-corrected chi connectivity index (χ2v) is 8.33. The Hall–Kier alpha value is -2.99. The third kappa shape index (κ3) is 4.71. The molecule has 33 heavy (non-hydrogen) atoms. The monoisotopic (exact) mass is 482 g/mol. The number of piperidine rings is 1. The number of hydrogen-bond donors (Lipinski definition) is 1. The quantitative estimate of drug-likeness (QED) is 0.550. The third-order valence-electron chi connectivity index (χ3n) is 5.36. The lowest BCUT2D eigenvalue weighted by Crippen LogP contribution is -2.47. The second kappa shape index (κ2) is 9.10. The van der Waals surface area contributed by atoms with Crippen molar-refractivity contribution in [1.82, 2.24) is 20.3 Å². The van der Waals surface area contributed by atoms with E-state index < -0.39 is 17.9 Å². The minimum Gasteiger partial charge on any atom is -0.496 e. The first-order chi connectivity index (χ1) is 15.7. The van der Waals surface area contributed by atoms with Gasteiger partial charge in [-0.2, -0.15) is 18.2 Å². The molecule has 1 aliphatic rings. The number of thiazole rings is 1. The number of carbonyl (C=O) groups is 1. The Kier molecular flexibility index (Phi) is 6.39. The molecule has 1 saturated heterocycles. The number of methoxy groups -OCH3 is 2. The lowest BCUT2D eigenvalue weighted by molar-refractivity contribution is -0.144. The van der Waals surface area contributed by atoms with Crippen molar-refractivity contribution in [3.63, 3.8) is 0 Å². The standard InChI is InChI=1S/C21H21F3N4O4S/c1-10-14(30-2)5-4-12-16(10)27-17(19-26-15(9-33-19)21(22,23)24)28-18(12)32-11-6-7-25-13(8-11)20(29)31-3/h4-5,9,11,13,25H,6-8H2,1-3H3. The Morgan fingerprint density at radius 1 is 1.21 bits per heavy atom. The summed E-state index contributed by atoms with van der Waals surface area (Å²) in [5, 5.41) is 4.61. The van der Waals surface area contributed by atoms with E-state index in [1.54, 1.807) is 19.1 Å². The number of carbonyl (C=O) groups excluding carboxylic acids is 1. The molecule has 8 nitrogen and oxygen atoms in total. The summed E-state index contributed by atoms with van der Waals surface area (Å²) in [4.78, 5) is 24.5. The summed E-state index contributed by atoms with van der Waals surface area (Å²) in [6.07, 6.45) is -3.95. The molecular formula is C21H21F3N4O4S. The zero-order valence-electron chi connectivity index (χ0n) is 18.0. The van der Waals surface area contributed by atoms with Gasteiger partial charge >= 0.3 is 12.1 Å². The average molecular weight is 482 g/mol. The van der Waals surface area contributed by atoms with Gasteiger partial charge in [0.25, 0.3) is 0 Å². The van der Waals surface area contributed by atoms with Crippen molar-refractivity contribution in [2.24, 2.45) is 0 Å². The maximum Gasteiger partial charge on any atom is 0.434 e. The molecule has 4 rings (SSSR count). The van der Waals surface area contributed by atoms with Gasteiger partial charge in [-0.05, 0) is 32.0 Å². The molecule has 1 N–H and O–H groups in total. The van der Waals surface area contributed by atoms with Crippen LogP contribution in [-0.2, 0) is 15.7 Å². The van der Waals surface area contributed by atoms with Crippen molar-refractivity contribution in [2.45, 2.75) is 38.1 Å². The topological polar surface area (TPSA) is 95.5 Å². The molecule has 1 fully saturated rings. The maximum atomic E-state index is 13.1. The molecule has 176 valence electrons. The van der Waals surface area contributed by atoms with Crippen LogP contribution in [0, 0.1) is 6.92 Å². The summed E-state index contributed by atoms with van der Waals surface area (Å²) in [5.41, 5.74) is 0.167. The zero-order valence-corrected chi connectivity index (χ0v) is 18.8. The highest BCUT2D eigenvalue weighted by atomic mass is 32.1. The predicted molar refractivity (Wildman–Crippen MR) is 114 cm³/mol. The summed E-state index contributed by atoms with van der Waals surface area (Å²) >= 11 is 0.802. The fourth-order valence-corrected chi connectivity index (χ4v) is 4.43. The zero-order chi connectivity index (χ0) is 23.8. The number of fused-ring (bicyclic) bond motifs is 1. The molecule has 1 aliphatic heterocycles. The van der Waals surface area contributed by atoms with E-state index in [1.807, 2.05) is 0 Å². The molecule has 0 bridgehead atoms. The summed E-state index contributed by atoms with van der Waals surface area (Å²) in [6, 6.07) is 2.97. The van der Waals surface area contributed by atoms with Gasteiger partial charge in [-0.1, -0.05) is 0 Å². The van der Waals surface area contributed by atoms with Gasteiger partial charge in [0.2, 0.25) is 5.88 Å². The van der Waals surface area contributed by atoms with Crippen molar-refractivity contribution >= 4 is 28.2 Å². The van der Waals surface area contributed by atoms with Crippen LogP contribution in [0.15, 0.2) is 17.5 Å². The normalized spacial score (nSPS) is 18.8. The van der Waals surface area contributed by atoms with E-state index in [0.717, 1.165) is 16.7 Å². The van der Waals surface area contributed by atoms with E-state index in [-0.39, 0.29) is 28.8 Å². The number of alkyl halides is 3. The Morgan fingerprint density at radius 3 is 2.67 bits per heavy atom. The Bertz CT molecular complexity index is 1180. The smallest absolute Gasteiger partial charge is 0.434 e. The lowest BCUT2D eigenvalue weighted by Gasteiger charge is -2.29. The molecule has 2 aromatic heterocycles. The van der Waals surface area contributed by atoms with Crippen molar-refractivity contribution < 1.29 is 32.2 Å². The third-order valence-corrected chi connectivity index (χ3v) is 6.20. The van der Waals surface area contributed by atoms with Crippen LogP contribution >= 0.6 is 11.3 Å². The number of nitrogens with zero attached hydrogens (tertiary/aromatic N) is 3. The van der Waals surface area contributed by atoms with Crippen LogP contribution in [0.1, 0.15) is 24.1 Å². The van der Waals surface area contributed by atoms with Crippen molar-refractivity contribution in [2.75, 3.05) is 20.8 Å². The molecule has 3 heterocycles. The van der Waals surface area contributed by atoms with Gasteiger partial charge in [0, 0.05) is 17.4 Å². The van der Waals surface area contributed by atoms with Gasteiger partial charge < -0.3 is 19.5 Å². The number of halogens is 3. The number of nitrogens with one attached hydrogen (secondary N) is 1. The number of rotatable bonds is 5. The maximum absolute atomic E-state index is 13.1. The van der Waals surface area contributed by atoms with Crippen molar-refractivity contribution in [3.8, 4) is 22.5 Å². The second-order valence-electron chi connectivity index (χ2n) is 7.47. The molecule has 0 radical (unpaired) electrons. The predicted octanol–water partition coefficient (Wildman–Crippen LogP) is 3.76. The highest BCUT2D eigenvalue weighted by Gasteiger charge is 2.34. The molecule has 0 aliphatic carbocycles. The van der Waals surface area contributed by atoms with Crippen LogP contribution in [0.3, 0.4) is 0 Å². The van der Waals surface area contributed by atoms with E-state index in [4.69, 9.17) is 14.2 Å². The van der Waals surface area contributed by atoms with Gasteiger partial charge in [0.15, 0.2) is 16.5 Å². The minimum absolute atomic E-state index is 0.0211. The Balaban J connectivity index is 1.77. The number of esters is 1. The molecular weight excluding hydrogens is 461 g/mol. The first kappa shape index (κ1) is 23.2. The Morgan fingerprint density at radius 2 is 2.00 bits per heavy atom. The van der Waals surface area contributed by atoms with Crippen molar-refractivity contribution in [1.29, 1.82) is 0 Å². The average Bonchev–Trinajstić information content (AvgIpc) is 3.30. The van der Waals surface area contributed by atoms with Gasteiger partial charge in [-0.3, -0.25) is 4.79 Å². The number of aromatic nitrogens is 3. The van der Waals surface area contributed by atoms with E-state index >= 15 is 0 Å². The summed E-state index contributed by atoms with van der Waals surface area (Å²) < 4.78 is 55.6. The lowest BCUT2D eigenvalue weighted by atomic mass is 10.0. The molecule has 0 spiro atoms. The van der Waals surface area contributed by atoms with E-state index in [2.05, 4.69) is 20.3 Å². The van der Waals surface area contributed by atoms with Crippen LogP contribution in [0.5, 0.6) is 11.6 Å². The highest BCUT2D eigenvalue weighted by molar-refractivity contribution is 7.13. The Labute approximate surface area is 191 Å². The van der Waals surface area contributed by atoms with E-state index in [0.29, 0.717) is 41.6 Å². The number of benzene rings is 1. The fourth-order valence-electron chi connectivity index (χ4n) is 3.67. The largest absolute Gasteiger partial charge is 0.496 e. The summed E-state index contributed by atoms with van der Waals surface area (Å²) in [7, 11) is 2.84. The van der Waals surface area contributed by atoms with E-state index in [9.17, 15) is 18.0 Å².